The quantitative estimate of drug-likeness (QED) is 0.590. The van der Waals surface area contributed by atoms with Gasteiger partial charge in [0.25, 0.3) is 0 Å². The van der Waals surface area contributed by atoms with Gasteiger partial charge >= 0.3 is 11.9 Å². The van der Waals surface area contributed by atoms with Gasteiger partial charge in [-0.15, -0.1) is 0 Å². The van der Waals surface area contributed by atoms with Gasteiger partial charge in [-0.05, 0) is 51.4 Å². The van der Waals surface area contributed by atoms with Crippen molar-refractivity contribution < 1.29 is 19.1 Å². The molecule has 0 N–H and O–H groups in total. The molecule has 0 aromatic carbocycles. The molecule has 3 saturated carbocycles. The Kier molecular flexibility index (Phi) is 3.23. The summed E-state index contributed by atoms with van der Waals surface area (Å²) in [6.45, 7) is 8.81. The van der Waals surface area contributed by atoms with Crippen molar-refractivity contribution in [1.82, 2.24) is 0 Å². The first kappa shape index (κ1) is 14.4. The van der Waals surface area contributed by atoms with Crippen molar-refractivity contribution in [2.24, 2.45) is 11.8 Å². The molecule has 3 fully saturated rings. The van der Waals surface area contributed by atoms with Gasteiger partial charge in [-0.1, -0.05) is 13.2 Å². The van der Waals surface area contributed by atoms with Gasteiger partial charge in [-0.25, -0.2) is 9.59 Å². The number of ether oxygens (including phenoxy) is 2. The predicted molar refractivity (Wildman–Crippen MR) is 77.3 cm³/mol. The lowest BCUT2D eigenvalue weighted by Gasteiger charge is -2.45. The van der Waals surface area contributed by atoms with Crippen molar-refractivity contribution in [3.63, 3.8) is 0 Å². The number of carbonyl (C=O) groups is 2. The summed E-state index contributed by atoms with van der Waals surface area (Å²) < 4.78 is 11.7. The lowest BCUT2D eigenvalue weighted by molar-refractivity contribution is -0.209. The van der Waals surface area contributed by atoms with Crippen molar-refractivity contribution in [1.29, 1.82) is 0 Å². The number of hydrogen-bond donors (Lipinski definition) is 0. The Hall–Kier alpha value is -1.58. The molecule has 0 aliphatic heterocycles. The molecule has 3 aliphatic rings. The summed E-state index contributed by atoms with van der Waals surface area (Å²) in [5.74, 6) is 0.00706. The second-order valence-electron chi connectivity index (χ2n) is 6.68. The Morgan fingerprint density at radius 2 is 2.00 bits per heavy atom. The molecule has 2 bridgehead atoms. The van der Waals surface area contributed by atoms with Crippen molar-refractivity contribution >= 4 is 11.9 Å². The molecular weight excluding hydrogens is 268 g/mol. The Morgan fingerprint density at radius 3 is 2.67 bits per heavy atom. The summed E-state index contributed by atoms with van der Waals surface area (Å²) in [6.07, 6.45) is 6.65. The van der Waals surface area contributed by atoms with Crippen molar-refractivity contribution in [2.45, 2.75) is 56.7 Å². The summed E-state index contributed by atoms with van der Waals surface area (Å²) in [5, 5.41) is 0. The fourth-order valence-corrected chi connectivity index (χ4v) is 4.84. The van der Waals surface area contributed by atoms with E-state index in [4.69, 9.17) is 9.47 Å². The normalized spacial score (nSPS) is 39.7. The van der Waals surface area contributed by atoms with Gasteiger partial charge in [-0.2, -0.15) is 0 Å². The molecular formula is C17H22O4. The molecule has 0 spiro atoms. The summed E-state index contributed by atoms with van der Waals surface area (Å²) >= 11 is 0. The van der Waals surface area contributed by atoms with Crippen LogP contribution in [0.15, 0.2) is 24.8 Å². The maximum Gasteiger partial charge on any atom is 0.333 e. The smallest absolute Gasteiger partial charge is 0.333 e. The largest absolute Gasteiger partial charge is 0.452 e. The highest BCUT2D eigenvalue weighted by Crippen LogP contribution is 2.66. The van der Waals surface area contributed by atoms with Crippen LogP contribution in [0.1, 0.15) is 45.4 Å². The van der Waals surface area contributed by atoms with E-state index in [9.17, 15) is 9.59 Å². The van der Waals surface area contributed by atoms with Crippen LogP contribution >= 0.6 is 0 Å². The summed E-state index contributed by atoms with van der Waals surface area (Å²) in [7, 11) is 0. The first-order chi connectivity index (χ1) is 9.94. The average Bonchev–Trinajstić information content (AvgIpc) is 3.08. The number of esters is 2. The first-order valence-corrected chi connectivity index (χ1v) is 7.68. The number of rotatable bonds is 4. The van der Waals surface area contributed by atoms with Gasteiger partial charge < -0.3 is 9.47 Å². The Bertz CT molecular complexity index is 523. The highest BCUT2D eigenvalue weighted by Gasteiger charge is 2.73. The Morgan fingerprint density at radius 1 is 1.24 bits per heavy atom. The van der Waals surface area contributed by atoms with Crippen LogP contribution in [0.25, 0.3) is 0 Å². The molecule has 4 atom stereocenters. The Labute approximate surface area is 125 Å². The molecule has 114 valence electrons. The second-order valence-corrected chi connectivity index (χ2v) is 6.68. The Balaban J connectivity index is 1.96. The topological polar surface area (TPSA) is 52.6 Å². The monoisotopic (exact) mass is 290 g/mol. The van der Waals surface area contributed by atoms with Crippen molar-refractivity contribution in [3.8, 4) is 0 Å². The molecule has 3 rings (SSSR count). The third-order valence-electron chi connectivity index (χ3n) is 5.60. The third kappa shape index (κ3) is 1.88. The van der Waals surface area contributed by atoms with E-state index in [-0.39, 0.29) is 5.97 Å². The average molecular weight is 290 g/mol. The van der Waals surface area contributed by atoms with E-state index in [1.165, 1.54) is 6.08 Å². The van der Waals surface area contributed by atoms with E-state index in [1.807, 2.05) is 0 Å². The molecule has 0 aromatic rings. The van der Waals surface area contributed by atoms with Gasteiger partial charge in [0.2, 0.25) is 0 Å². The van der Waals surface area contributed by atoms with Gasteiger partial charge in [0, 0.05) is 17.6 Å². The standard InChI is InChI=1S/C17H22O4/c1-4-14(18)20-16-9-7-12(10-16)13-6-5-8-17(13,16)21-15(19)11(2)3/h4,12-13H,1-2,5-10H2,3H3. The molecule has 21 heavy (non-hydrogen) atoms. The van der Waals surface area contributed by atoms with E-state index in [0.717, 1.165) is 38.5 Å². The lowest BCUT2D eigenvalue weighted by atomic mass is 9.74. The number of hydrogen-bond acceptors (Lipinski definition) is 4. The van der Waals surface area contributed by atoms with Gasteiger partial charge in [0.1, 0.15) is 0 Å². The van der Waals surface area contributed by atoms with Gasteiger partial charge in [-0.3, -0.25) is 0 Å². The molecule has 0 radical (unpaired) electrons. The zero-order valence-corrected chi connectivity index (χ0v) is 12.5. The summed E-state index contributed by atoms with van der Waals surface area (Å²) in [6, 6.07) is 0. The third-order valence-corrected chi connectivity index (χ3v) is 5.60. The molecule has 4 heteroatoms. The fourth-order valence-electron chi connectivity index (χ4n) is 4.84. The van der Waals surface area contributed by atoms with Crippen LogP contribution < -0.4 is 0 Å². The zero-order chi connectivity index (χ0) is 15.3. The van der Waals surface area contributed by atoms with E-state index in [1.54, 1.807) is 6.92 Å². The lowest BCUT2D eigenvalue weighted by Crippen LogP contribution is -2.57. The highest BCUT2D eigenvalue weighted by atomic mass is 16.6. The fraction of sp³-hybridized carbons (Fsp3) is 0.647. The molecule has 0 aromatic heterocycles. The van der Waals surface area contributed by atoms with Crippen LogP contribution in [-0.2, 0) is 19.1 Å². The number of carbonyl (C=O) groups excluding carboxylic acids is 2. The van der Waals surface area contributed by atoms with Crippen LogP contribution in [0.2, 0.25) is 0 Å². The first-order valence-electron chi connectivity index (χ1n) is 7.68. The molecule has 4 unspecified atom stereocenters. The maximum atomic E-state index is 12.1. The highest BCUT2D eigenvalue weighted by molar-refractivity contribution is 5.87. The van der Waals surface area contributed by atoms with Crippen LogP contribution in [0.4, 0.5) is 0 Å². The van der Waals surface area contributed by atoms with E-state index < -0.39 is 17.2 Å². The maximum absolute atomic E-state index is 12.1. The molecule has 0 saturated heterocycles. The molecule has 0 heterocycles. The summed E-state index contributed by atoms with van der Waals surface area (Å²) in [5.41, 5.74) is -0.914. The van der Waals surface area contributed by atoms with E-state index in [0.29, 0.717) is 17.4 Å². The SMILES string of the molecule is C=CC(=O)OC12CCC(C1)C1CCCC12OC(=O)C(=C)C. The van der Waals surface area contributed by atoms with Crippen LogP contribution in [0, 0.1) is 11.8 Å². The minimum atomic E-state index is -0.658. The van der Waals surface area contributed by atoms with E-state index in [2.05, 4.69) is 13.2 Å². The van der Waals surface area contributed by atoms with Crippen LogP contribution in [0.5, 0.6) is 0 Å². The predicted octanol–water partition coefficient (Wildman–Crippen LogP) is 2.93. The van der Waals surface area contributed by atoms with Crippen LogP contribution in [-0.4, -0.2) is 23.1 Å². The van der Waals surface area contributed by atoms with Gasteiger partial charge in [0.15, 0.2) is 11.2 Å². The number of fused-ring (bicyclic) bond motifs is 5. The second kappa shape index (κ2) is 4.72. The minimum absolute atomic E-state index is 0.312. The van der Waals surface area contributed by atoms with Crippen molar-refractivity contribution in [2.75, 3.05) is 0 Å². The van der Waals surface area contributed by atoms with Crippen LogP contribution in [0.3, 0.4) is 0 Å². The summed E-state index contributed by atoms with van der Waals surface area (Å²) in [4.78, 5) is 23.9. The molecule has 3 aliphatic carbocycles. The molecule has 4 nitrogen and oxygen atoms in total. The zero-order valence-electron chi connectivity index (χ0n) is 12.5. The van der Waals surface area contributed by atoms with Crippen molar-refractivity contribution in [3.05, 3.63) is 24.8 Å². The molecule has 0 amide bonds. The van der Waals surface area contributed by atoms with E-state index >= 15 is 0 Å². The minimum Gasteiger partial charge on any atom is -0.452 e. The van der Waals surface area contributed by atoms with Gasteiger partial charge in [0.05, 0.1) is 0 Å².